The first-order valence-electron chi connectivity index (χ1n) is 6.08. The maximum atomic E-state index is 5.71. The maximum Gasteiger partial charge on any atom is 0.166 e. The number of fused-ring (bicyclic) bond motifs is 1. The summed E-state index contributed by atoms with van der Waals surface area (Å²) >= 11 is 0. The molecule has 2 aliphatic rings. The van der Waals surface area contributed by atoms with Crippen LogP contribution in [0.15, 0.2) is 18.2 Å². The zero-order chi connectivity index (χ0) is 11.7. The van der Waals surface area contributed by atoms with Crippen molar-refractivity contribution in [3.05, 3.63) is 23.8 Å². The van der Waals surface area contributed by atoms with Gasteiger partial charge in [-0.05, 0) is 13.0 Å². The van der Waals surface area contributed by atoms with Crippen molar-refractivity contribution >= 4 is 0 Å². The van der Waals surface area contributed by atoms with Crippen LogP contribution in [-0.2, 0) is 4.74 Å². The molecule has 4 heteroatoms. The van der Waals surface area contributed by atoms with Gasteiger partial charge in [0.25, 0.3) is 0 Å². The Morgan fingerprint density at radius 1 is 1.24 bits per heavy atom. The number of ether oxygens (including phenoxy) is 3. The Hall–Kier alpha value is -1.26. The van der Waals surface area contributed by atoms with Gasteiger partial charge in [-0.3, -0.25) is 0 Å². The smallest absolute Gasteiger partial charge is 0.166 e. The summed E-state index contributed by atoms with van der Waals surface area (Å²) in [6.07, 6.45) is 0.281. The van der Waals surface area contributed by atoms with E-state index in [9.17, 15) is 0 Å². The highest BCUT2D eigenvalue weighted by Crippen LogP contribution is 2.37. The third-order valence-corrected chi connectivity index (χ3v) is 3.17. The molecule has 2 aliphatic heterocycles. The van der Waals surface area contributed by atoms with Crippen LogP contribution >= 0.6 is 0 Å². The van der Waals surface area contributed by atoms with E-state index in [0.29, 0.717) is 19.8 Å². The number of nitrogens with one attached hydrogen (secondary N) is 1. The van der Waals surface area contributed by atoms with E-state index in [2.05, 4.69) is 18.3 Å². The van der Waals surface area contributed by atoms with Crippen LogP contribution in [0.2, 0.25) is 0 Å². The van der Waals surface area contributed by atoms with Crippen LogP contribution in [0, 0.1) is 0 Å². The average molecular weight is 235 g/mol. The predicted molar refractivity (Wildman–Crippen MR) is 63.6 cm³/mol. The van der Waals surface area contributed by atoms with E-state index in [-0.39, 0.29) is 12.1 Å². The van der Waals surface area contributed by atoms with Crippen LogP contribution in [0.4, 0.5) is 0 Å². The van der Waals surface area contributed by atoms with Gasteiger partial charge in [-0.2, -0.15) is 0 Å². The Morgan fingerprint density at radius 2 is 2.12 bits per heavy atom. The fourth-order valence-electron chi connectivity index (χ4n) is 2.26. The molecule has 0 radical (unpaired) electrons. The van der Waals surface area contributed by atoms with E-state index in [1.807, 2.05) is 12.1 Å². The first kappa shape index (κ1) is 10.9. The lowest BCUT2D eigenvalue weighted by Gasteiger charge is -2.31. The van der Waals surface area contributed by atoms with Crippen molar-refractivity contribution in [2.75, 3.05) is 26.4 Å². The second-order valence-electron chi connectivity index (χ2n) is 4.48. The molecule has 0 aliphatic carbocycles. The number of para-hydroxylation sites is 1. The molecular formula is C13H17NO3. The topological polar surface area (TPSA) is 39.7 Å². The van der Waals surface area contributed by atoms with E-state index in [4.69, 9.17) is 14.2 Å². The fraction of sp³-hybridized carbons (Fsp3) is 0.538. The van der Waals surface area contributed by atoms with Crippen LogP contribution in [0.25, 0.3) is 0 Å². The van der Waals surface area contributed by atoms with Crippen molar-refractivity contribution in [3.8, 4) is 11.5 Å². The average Bonchev–Trinajstić information content (AvgIpc) is 2.39. The highest BCUT2D eigenvalue weighted by atomic mass is 16.6. The second-order valence-corrected chi connectivity index (χ2v) is 4.48. The lowest BCUT2D eigenvalue weighted by Crippen LogP contribution is -2.40. The van der Waals surface area contributed by atoms with Gasteiger partial charge in [0.1, 0.15) is 13.2 Å². The minimum atomic E-state index is 0.197. The summed E-state index contributed by atoms with van der Waals surface area (Å²) in [6.45, 7) is 4.87. The van der Waals surface area contributed by atoms with Gasteiger partial charge >= 0.3 is 0 Å². The van der Waals surface area contributed by atoms with Gasteiger partial charge in [0.05, 0.1) is 18.8 Å². The van der Waals surface area contributed by atoms with Crippen LogP contribution in [-0.4, -0.2) is 32.5 Å². The highest BCUT2D eigenvalue weighted by molar-refractivity contribution is 5.49. The molecule has 17 heavy (non-hydrogen) atoms. The quantitative estimate of drug-likeness (QED) is 0.801. The summed E-state index contributed by atoms with van der Waals surface area (Å²) < 4.78 is 17.0. The molecule has 1 saturated heterocycles. The van der Waals surface area contributed by atoms with Crippen LogP contribution < -0.4 is 14.8 Å². The zero-order valence-corrected chi connectivity index (χ0v) is 9.94. The van der Waals surface area contributed by atoms with E-state index < -0.39 is 0 Å². The molecule has 1 fully saturated rings. The van der Waals surface area contributed by atoms with Crippen molar-refractivity contribution in [1.29, 1.82) is 0 Å². The molecule has 3 rings (SSSR count). The minimum absolute atomic E-state index is 0.197. The largest absolute Gasteiger partial charge is 0.486 e. The fourth-order valence-corrected chi connectivity index (χ4v) is 2.26. The normalized spacial score (nSPS) is 27.8. The first-order valence-corrected chi connectivity index (χ1v) is 6.08. The summed E-state index contributed by atoms with van der Waals surface area (Å²) in [4.78, 5) is 0. The summed E-state index contributed by atoms with van der Waals surface area (Å²) in [6, 6.07) is 6.22. The third-order valence-electron chi connectivity index (χ3n) is 3.17. The number of morpholine rings is 1. The second kappa shape index (κ2) is 4.55. The number of hydrogen-bond donors (Lipinski definition) is 1. The number of hydrogen-bond acceptors (Lipinski definition) is 4. The van der Waals surface area contributed by atoms with Gasteiger partial charge < -0.3 is 19.5 Å². The van der Waals surface area contributed by atoms with Gasteiger partial charge in [0, 0.05) is 12.1 Å². The van der Waals surface area contributed by atoms with E-state index in [1.54, 1.807) is 0 Å². The van der Waals surface area contributed by atoms with Crippen LogP contribution in [0.1, 0.15) is 18.5 Å². The van der Waals surface area contributed by atoms with E-state index in [0.717, 1.165) is 23.6 Å². The molecule has 0 spiro atoms. The monoisotopic (exact) mass is 235 g/mol. The van der Waals surface area contributed by atoms with Crippen molar-refractivity contribution in [2.24, 2.45) is 0 Å². The number of benzene rings is 1. The van der Waals surface area contributed by atoms with Gasteiger partial charge in [-0.25, -0.2) is 0 Å². The summed E-state index contributed by atoms with van der Waals surface area (Å²) in [5, 5.41) is 3.47. The van der Waals surface area contributed by atoms with Crippen molar-refractivity contribution < 1.29 is 14.2 Å². The molecule has 92 valence electrons. The Bertz CT molecular complexity index is 400. The molecule has 1 aromatic rings. The molecule has 1 N–H and O–H groups in total. The minimum Gasteiger partial charge on any atom is -0.486 e. The molecule has 0 bridgehead atoms. The lowest BCUT2D eigenvalue weighted by molar-refractivity contribution is 0.0138. The van der Waals surface area contributed by atoms with E-state index >= 15 is 0 Å². The Kier molecular flexibility index (Phi) is 2.91. The van der Waals surface area contributed by atoms with Crippen molar-refractivity contribution in [3.63, 3.8) is 0 Å². The van der Waals surface area contributed by atoms with Crippen molar-refractivity contribution in [2.45, 2.75) is 19.1 Å². The van der Waals surface area contributed by atoms with Crippen LogP contribution in [0.5, 0.6) is 11.5 Å². The first-order chi connectivity index (χ1) is 8.34. The molecule has 0 saturated carbocycles. The summed E-state index contributed by atoms with van der Waals surface area (Å²) in [7, 11) is 0. The molecular weight excluding hydrogens is 218 g/mol. The SMILES string of the molecule is CC1CNC(c2cccc3c2OCCO3)CO1. The van der Waals surface area contributed by atoms with Gasteiger partial charge in [0.2, 0.25) is 0 Å². The Balaban J connectivity index is 1.87. The zero-order valence-electron chi connectivity index (χ0n) is 9.94. The lowest BCUT2D eigenvalue weighted by atomic mass is 10.0. The predicted octanol–water partition coefficient (Wildman–Crippen LogP) is 1.51. The summed E-state index contributed by atoms with van der Waals surface area (Å²) in [5.41, 5.74) is 1.13. The molecule has 2 heterocycles. The van der Waals surface area contributed by atoms with E-state index in [1.165, 1.54) is 0 Å². The molecule has 0 aromatic heterocycles. The molecule has 1 aromatic carbocycles. The van der Waals surface area contributed by atoms with Gasteiger partial charge in [-0.1, -0.05) is 12.1 Å². The van der Waals surface area contributed by atoms with Gasteiger partial charge in [0.15, 0.2) is 11.5 Å². The summed E-state index contributed by atoms with van der Waals surface area (Å²) in [5.74, 6) is 1.71. The highest BCUT2D eigenvalue weighted by Gasteiger charge is 2.25. The standard InChI is InChI=1S/C13H17NO3/c1-9-7-14-11(8-17-9)10-3-2-4-12-13(10)16-6-5-15-12/h2-4,9,11,14H,5-8H2,1H3. The molecule has 4 nitrogen and oxygen atoms in total. The van der Waals surface area contributed by atoms with Gasteiger partial charge in [-0.15, -0.1) is 0 Å². The maximum absolute atomic E-state index is 5.71. The molecule has 0 amide bonds. The molecule has 2 unspecified atom stereocenters. The third kappa shape index (κ3) is 2.10. The van der Waals surface area contributed by atoms with Crippen LogP contribution in [0.3, 0.4) is 0 Å². The number of rotatable bonds is 1. The Morgan fingerprint density at radius 3 is 2.94 bits per heavy atom. The Labute approximate surface area is 101 Å². The molecule has 2 atom stereocenters. The van der Waals surface area contributed by atoms with Crippen molar-refractivity contribution in [1.82, 2.24) is 5.32 Å².